The van der Waals surface area contributed by atoms with Crippen LogP contribution in [0, 0.1) is 5.82 Å². The number of hydrogen-bond acceptors (Lipinski definition) is 2. The third-order valence-corrected chi connectivity index (χ3v) is 2.26. The molecule has 0 atom stereocenters. The zero-order valence-corrected chi connectivity index (χ0v) is 9.82. The Morgan fingerprint density at radius 2 is 2.08 bits per heavy atom. The third kappa shape index (κ3) is 2.88. The molecule has 0 amide bonds. The molecule has 0 radical (unpaired) electrons. The molecule has 0 fully saturated rings. The lowest BCUT2D eigenvalue weighted by atomic mass is 10.3. The summed E-state index contributed by atoms with van der Waals surface area (Å²) in [5, 5.41) is 0. The van der Waals surface area contributed by atoms with Gasteiger partial charge in [0, 0.05) is 0 Å². The van der Waals surface area contributed by atoms with Gasteiger partial charge in [-0.25, -0.2) is 4.39 Å². The Kier molecular flexibility index (Phi) is 3.62. The van der Waals surface area contributed by atoms with Crippen LogP contribution in [0.25, 0.3) is 0 Å². The highest BCUT2D eigenvalue weighted by Crippen LogP contribution is 2.33. The molecule has 13 heavy (non-hydrogen) atoms. The summed E-state index contributed by atoms with van der Waals surface area (Å²) < 4.78 is 18.8. The fourth-order valence-electron chi connectivity index (χ4n) is 0.899. The van der Waals surface area contributed by atoms with E-state index in [-0.39, 0.29) is 11.9 Å². The second-order valence-electron chi connectivity index (χ2n) is 2.90. The Labute approximate surface area is 90.8 Å². The zero-order chi connectivity index (χ0) is 10.0. The van der Waals surface area contributed by atoms with Gasteiger partial charge in [0.1, 0.15) is 11.6 Å². The summed E-state index contributed by atoms with van der Waals surface area (Å²) in [5.41, 5.74) is 0. The Hall–Kier alpha value is -0.220. The van der Waals surface area contributed by atoms with E-state index in [1.165, 1.54) is 12.1 Å². The van der Waals surface area contributed by atoms with Gasteiger partial charge < -0.3 is 4.74 Å². The Morgan fingerprint density at radius 1 is 1.46 bits per heavy atom. The molecule has 0 saturated carbocycles. The van der Waals surface area contributed by atoms with Crippen LogP contribution >= 0.6 is 28.6 Å². The maximum atomic E-state index is 12.8. The summed E-state index contributed by atoms with van der Waals surface area (Å²) in [4.78, 5) is 0.501. The standard InChI is InChI=1S/C9H10BrFOS/c1-5(2)12-9-7(10)3-6(11)4-8(9)13/h3-5,13H,1-2H3. The fourth-order valence-corrected chi connectivity index (χ4v) is 1.87. The lowest BCUT2D eigenvalue weighted by molar-refractivity contribution is 0.234. The van der Waals surface area contributed by atoms with Crippen LogP contribution in [0.5, 0.6) is 5.75 Å². The molecular weight excluding hydrogens is 255 g/mol. The summed E-state index contributed by atoms with van der Waals surface area (Å²) in [5.74, 6) is 0.257. The Bertz CT molecular complexity index is 291. The van der Waals surface area contributed by atoms with Crippen LogP contribution in [-0.4, -0.2) is 6.10 Å². The van der Waals surface area contributed by atoms with Gasteiger partial charge in [0.05, 0.1) is 15.5 Å². The summed E-state index contributed by atoms with van der Waals surface area (Å²) in [6.07, 6.45) is 0.0488. The van der Waals surface area contributed by atoms with Crippen molar-refractivity contribution in [1.29, 1.82) is 0 Å². The van der Waals surface area contributed by atoms with E-state index in [1.807, 2.05) is 13.8 Å². The van der Waals surface area contributed by atoms with E-state index in [0.717, 1.165) is 0 Å². The monoisotopic (exact) mass is 264 g/mol. The first kappa shape index (κ1) is 10.9. The first-order valence-electron chi connectivity index (χ1n) is 3.85. The summed E-state index contributed by atoms with van der Waals surface area (Å²) in [7, 11) is 0. The van der Waals surface area contributed by atoms with E-state index in [0.29, 0.717) is 15.1 Å². The average molecular weight is 265 g/mol. The van der Waals surface area contributed by atoms with E-state index in [2.05, 4.69) is 28.6 Å². The number of ether oxygens (including phenoxy) is 1. The molecule has 0 spiro atoms. The molecule has 0 heterocycles. The van der Waals surface area contributed by atoms with Crippen molar-refractivity contribution >= 4 is 28.6 Å². The molecule has 0 aliphatic rings. The van der Waals surface area contributed by atoms with Crippen LogP contribution < -0.4 is 4.74 Å². The second kappa shape index (κ2) is 4.33. The van der Waals surface area contributed by atoms with Crippen molar-refractivity contribution in [3.05, 3.63) is 22.4 Å². The van der Waals surface area contributed by atoms with Crippen molar-refractivity contribution in [2.24, 2.45) is 0 Å². The van der Waals surface area contributed by atoms with Gasteiger partial charge in [-0.15, -0.1) is 12.6 Å². The van der Waals surface area contributed by atoms with Gasteiger partial charge in [-0.1, -0.05) is 0 Å². The van der Waals surface area contributed by atoms with E-state index in [9.17, 15) is 4.39 Å². The predicted molar refractivity (Wildman–Crippen MR) is 57.1 cm³/mol. The summed E-state index contributed by atoms with van der Waals surface area (Å²) >= 11 is 7.33. The number of rotatable bonds is 2. The second-order valence-corrected chi connectivity index (χ2v) is 4.24. The molecule has 1 aromatic rings. The lowest BCUT2D eigenvalue weighted by Crippen LogP contribution is -2.06. The van der Waals surface area contributed by atoms with E-state index in [1.54, 1.807) is 0 Å². The molecule has 1 nitrogen and oxygen atoms in total. The highest BCUT2D eigenvalue weighted by molar-refractivity contribution is 9.10. The van der Waals surface area contributed by atoms with Gasteiger partial charge in [-0.2, -0.15) is 0 Å². The van der Waals surface area contributed by atoms with Crippen molar-refractivity contribution in [3.8, 4) is 5.75 Å². The van der Waals surface area contributed by atoms with Crippen LogP contribution in [0.15, 0.2) is 21.5 Å². The van der Waals surface area contributed by atoms with Crippen molar-refractivity contribution in [3.63, 3.8) is 0 Å². The van der Waals surface area contributed by atoms with Gasteiger partial charge >= 0.3 is 0 Å². The number of thiol groups is 1. The fraction of sp³-hybridized carbons (Fsp3) is 0.333. The Balaban J connectivity index is 3.06. The smallest absolute Gasteiger partial charge is 0.147 e. The number of hydrogen-bond donors (Lipinski definition) is 1. The molecule has 0 bridgehead atoms. The molecule has 0 aliphatic heterocycles. The van der Waals surface area contributed by atoms with Crippen LogP contribution in [0.2, 0.25) is 0 Å². The highest BCUT2D eigenvalue weighted by atomic mass is 79.9. The minimum Gasteiger partial charge on any atom is -0.489 e. The maximum Gasteiger partial charge on any atom is 0.147 e. The molecule has 0 unspecified atom stereocenters. The lowest BCUT2D eigenvalue weighted by Gasteiger charge is -2.13. The first-order valence-corrected chi connectivity index (χ1v) is 5.09. The molecule has 4 heteroatoms. The van der Waals surface area contributed by atoms with E-state index < -0.39 is 0 Å². The molecular formula is C9H10BrFOS. The van der Waals surface area contributed by atoms with E-state index in [4.69, 9.17) is 4.74 Å². The normalized spacial score (nSPS) is 10.6. The van der Waals surface area contributed by atoms with Crippen LogP contribution in [-0.2, 0) is 0 Å². The summed E-state index contributed by atoms with van der Waals surface area (Å²) in [6.45, 7) is 3.81. The van der Waals surface area contributed by atoms with Crippen molar-refractivity contribution in [1.82, 2.24) is 0 Å². The van der Waals surface area contributed by atoms with Crippen molar-refractivity contribution in [2.45, 2.75) is 24.8 Å². The van der Waals surface area contributed by atoms with Gasteiger partial charge in [0.15, 0.2) is 0 Å². The van der Waals surface area contributed by atoms with E-state index >= 15 is 0 Å². The number of benzene rings is 1. The molecule has 0 saturated heterocycles. The van der Waals surface area contributed by atoms with Crippen LogP contribution in [0.4, 0.5) is 4.39 Å². The van der Waals surface area contributed by atoms with Gasteiger partial charge in [-0.3, -0.25) is 0 Å². The maximum absolute atomic E-state index is 12.8. The van der Waals surface area contributed by atoms with Crippen LogP contribution in [0.3, 0.4) is 0 Å². The zero-order valence-electron chi connectivity index (χ0n) is 7.34. The van der Waals surface area contributed by atoms with Gasteiger partial charge in [0.25, 0.3) is 0 Å². The van der Waals surface area contributed by atoms with Crippen molar-refractivity contribution in [2.75, 3.05) is 0 Å². The molecule has 0 aliphatic carbocycles. The molecule has 0 N–H and O–H groups in total. The molecule has 0 aromatic heterocycles. The van der Waals surface area contributed by atoms with Gasteiger partial charge in [0.2, 0.25) is 0 Å². The predicted octanol–water partition coefficient (Wildman–Crippen LogP) is 3.66. The first-order chi connectivity index (χ1) is 6.00. The molecule has 1 rings (SSSR count). The topological polar surface area (TPSA) is 9.23 Å². The van der Waals surface area contributed by atoms with Gasteiger partial charge in [-0.05, 0) is 41.9 Å². The Morgan fingerprint density at radius 3 is 2.54 bits per heavy atom. The average Bonchev–Trinajstić information content (AvgIpc) is 1.96. The van der Waals surface area contributed by atoms with Crippen molar-refractivity contribution < 1.29 is 9.13 Å². The summed E-state index contributed by atoms with van der Waals surface area (Å²) in [6, 6.07) is 2.68. The minimum absolute atomic E-state index is 0.0488. The SMILES string of the molecule is CC(C)Oc1c(S)cc(F)cc1Br. The van der Waals surface area contributed by atoms with Crippen LogP contribution in [0.1, 0.15) is 13.8 Å². The quantitative estimate of drug-likeness (QED) is 0.803. The molecule has 72 valence electrons. The largest absolute Gasteiger partial charge is 0.489 e. The molecule has 1 aromatic carbocycles. The highest BCUT2D eigenvalue weighted by Gasteiger charge is 2.09. The third-order valence-electron chi connectivity index (χ3n) is 1.34. The number of halogens is 2. The minimum atomic E-state index is -0.326.